The fourth-order valence-corrected chi connectivity index (χ4v) is 2.09. The topological polar surface area (TPSA) is 34.1 Å². The predicted octanol–water partition coefficient (Wildman–Crippen LogP) is 3.18. The van der Waals surface area contributed by atoms with Gasteiger partial charge in [0, 0.05) is 24.3 Å². The third-order valence-corrected chi connectivity index (χ3v) is 3.05. The molecule has 0 unspecified atom stereocenters. The Labute approximate surface area is 108 Å². The summed E-state index contributed by atoms with van der Waals surface area (Å²) in [6.45, 7) is 7.34. The molecule has 2 aromatic rings. The number of fused-ring (bicyclic) bond motifs is 1. The SMILES string of the molecule is CONCc1ccc2c(C(C)(C)C)cncc2c1. The van der Waals surface area contributed by atoms with Crippen molar-refractivity contribution in [3.05, 3.63) is 41.7 Å². The molecule has 0 saturated carbocycles. The molecule has 1 N–H and O–H groups in total. The first-order valence-electron chi connectivity index (χ1n) is 6.15. The third-order valence-electron chi connectivity index (χ3n) is 3.05. The van der Waals surface area contributed by atoms with E-state index in [0.29, 0.717) is 6.54 Å². The van der Waals surface area contributed by atoms with Gasteiger partial charge in [-0.3, -0.25) is 4.98 Å². The molecule has 1 aromatic carbocycles. The van der Waals surface area contributed by atoms with Gasteiger partial charge in [-0.2, -0.15) is 5.48 Å². The molecule has 18 heavy (non-hydrogen) atoms. The van der Waals surface area contributed by atoms with Crippen molar-refractivity contribution in [1.29, 1.82) is 0 Å². The molecule has 0 bridgehead atoms. The monoisotopic (exact) mass is 244 g/mol. The highest BCUT2D eigenvalue weighted by molar-refractivity contribution is 5.86. The zero-order chi connectivity index (χ0) is 13.2. The molecule has 0 aliphatic rings. The lowest BCUT2D eigenvalue weighted by atomic mass is 9.85. The molecular weight excluding hydrogens is 224 g/mol. The van der Waals surface area contributed by atoms with E-state index in [1.54, 1.807) is 7.11 Å². The van der Waals surface area contributed by atoms with Crippen molar-refractivity contribution >= 4 is 10.8 Å². The van der Waals surface area contributed by atoms with Gasteiger partial charge in [0.05, 0.1) is 7.11 Å². The first-order chi connectivity index (χ1) is 8.52. The minimum absolute atomic E-state index is 0.110. The van der Waals surface area contributed by atoms with Gasteiger partial charge in [0.15, 0.2) is 0 Å². The summed E-state index contributed by atoms with van der Waals surface area (Å²) >= 11 is 0. The maximum absolute atomic E-state index is 4.87. The van der Waals surface area contributed by atoms with Crippen molar-refractivity contribution in [3.8, 4) is 0 Å². The van der Waals surface area contributed by atoms with Crippen molar-refractivity contribution in [2.24, 2.45) is 0 Å². The second-order valence-electron chi connectivity index (χ2n) is 5.52. The molecule has 0 atom stereocenters. The van der Waals surface area contributed by atoms with E-state index in [1.165, 1.54) is 21.9 Å². The van der Waals surface area contributed by atoms with Crippen LogP contribution in [0.15, 0.2) is 30.6 Å². The molecule has 96 valence electrons. The normalized spacial score (nSPS) is 12.0. The highest BCUT2D eigenvalue weighted by atomic mass is 16.6. The fraction of sp³-hybridized carbons (Fsp3) is 0.400. The first-order valence-corrected chi connectivity index (χ1v) is 6.15. The molecular formula is C15H20N2O. The van der Waals surface area contributed by atoms with Crippen LogP contribution in [-0.4, -0.2) is 12.1 Å². The second-order valence-corrected chi connectivity index (χ2v) is 5.52. The van der Waals surface area contributed by atoms with Crippen LogP contribution in [0.4, 0.5) is 0 Å². The third kappa shape index (κ3) is 2.68. The Morgan fingerprint density at radius 1 is 1.22 bits per heavy atom. The minimum atomic E-state index is 0.110. The van der Waals surface area contributed by atoms with E-state index in [-0.39, 0.29) is 5.41 Å². The molecule has 1 heterocycles. The van der Waals surface area contributed by atoms with Gasteiger partial charge >= 0.3 is 0 Å². The van der Waals surface area contributed by atoms with Gasteiger partial charge in [-0.25, -0.2) is 0 Å². The lowest BCUT2D eigenvalue weighted by molar-refractivity contribution is 0.0867. The lowest BCUT2D eigenvalue weighted by Gasteiger charge is -2.20. The van der Waals surface area contributed by atoms with E-state index in [0.717, 1.165) is 0 Å². The lowest BCUT2D eigenvalue weighted by Crippen LogP contribution is -2.13. The Balaban J connectivity index is 2.47. The van der Waals surface area contributed by atoms with Crippen molar-refractivity contribution in [2.75, 3.05) is 7.11 Å². The summed E-state index contributed by atoms with van der Waals surface area (Å²) in [6.07, 6.45) is 3.89. The Kier molecular flexibility index (Phi) is 3.64. The Morgan fingerprint density at radius 2 is 2.00 bits per heavy atom. The molecule has 0 saturated heterocycles. The largest absolute Gasteiger partial charge is 0.305 e. The van der Waals surface area contributed by atoms with Crippen LogP contribution >= 0.6 is 0 Å². The van der Waals surface area contributed by atoms with E-state index in [9.17, 15) is 0 Å². The van der Waals surface area contributed by atoms with Crippen LogP contribution in [-0.2, 0) is 16.8 Å². The molecule has 0 fully saturated rings. The molecule has 3 nitrogen and oxygen atoms in total. The average Bonchev–Trinajstić information content (AvgIpc) is 2.34. The number of aromatic nitrogens is 1. The maximum Gasteiger partial charge on any atom is 0.0572 e. The Morgan fingerprint density at radius 3 is 2.67 bits per heavy atom. The summed E-state index contributed by atoms with van der Waals surface area (Å²) in [7, 11) is 1.63. The zero-order valence-electron chi connectivity index (χ0n) is 11.4. The molecule has 0 radical (unpaired) electrons. The Hall–Kier alpha value is -1.45. The van der Waals surface area contributed by atoms with Crippen molar-refractivity contribution in [3.63, 3.8) is 0 Å². The fourth-order valence-electron chi connectivity index (χ4n) is 2.09. The van der Waals surface area contributed by atoms with Crippen molar-refractivity contribution in [1.82, 2.24) is 10.5 Å². The molecule has 0 aliphatic carbocycles. The number of hydrogen-bond acceptors (Lipinski definition) is 3. The minimum Gasteiger partial charge on any atom is -0.305 e. The predicted molar refractivity (Wildman–Crippen MR) is 74.3 cm³/mol. The van der Waals surface area contributed by atoms with Crippen LogP contribution in [0.3, 0.4) is 0 Å². The molecule has 3 heteroatoms. The van der Waals surface area contributed by atoms with Crippen LogP contribution in [0.25, 0.3) is 10.8 Å². The van der Waals surface area contributed by atoms with Crippen LogP contribution in [0.5, 0.6) is 0 Å². The maximum atomic E-state index is 4.87. The Bertz CT molecular complexity index is 544. The summed E-state index contributed by atoms with van der Waals surface area (Å²) in [6, 6.07) is 6.46. The van der Waals surface area contributed by atoms with E-state index >= 15 is 0 Å². The molecule has 0 aliphatic heterocycles. The van der Waals surface area contributed by atoms with E-state index in [4.69, 9.17) is 4.84 Å². The van der Waals surface area contributed by atoms with E-state index in [2.05, 4.69) is 49.4 Å². The number of nitrogens with zero attached hydrogens (tertiary/aromatic N) is 1. The van der Waals surface area contributed by atoms with Crippen molar-refractivity contribution in [2.45, 2.75) is 32.7 Å². The average molecular weight is 244 g/mol. The van der Waals surface area contributed by atoms with Crippen LogP contribution in [0.1, 0.15) is 31.9 Å². The van der Waals surface area contributed by atoms with Gasteiger partial charge in [0.25, 0.3) is 0 Å². The summed E-state index contributed by atoms with van der Waals surface area (Å²) in [5.41, 5.74) is 5.44. The van der Waals surface area contributed by atoms with Gasteiger partial charge in [-0.05, 0) is 28.0 Å². The number of rotatable bonds is 3. The highest BCUT2D eigenvalue weighted by Gasteiger charge is 2.17. The number of benzene rings is 1. The number of hydrogen-bond donors (Lipinski definition) is 1. The molecule has 0 spiro atoms. The molecule has 1 aromatic heterocycles. The molecule has 0 amide bonds. The van der Waals surface area contributed by atoms with E-state index in [1.807, 2.05) is 12.4 Å². The van der Waals surface area contributed by atoms with Crippen LogP contribution in [0, 0.1) is 0 Å². The first kappa shape index (κ1) is 13.0. The quantitative estimate of drug-likeness (QED) is 0.842. The number of pyridine rings is 1. The van der Waals surface area contributed by atoms with Gasteiger partial charge in [0.1, 0.15) is 0 Å². The standard InChI is InChI=1S/C15H20N2O/c1-15(2,3)14-10-16-9-12-7-11(8-17-18-4)5-6-13(12)14/h5-7,9-10,17H,8H2,1-4H3. The summed E-state index contributed by atoms with van der Waals surface area (Å²) in [4.78, 5) is 9.22. The van der Waals surface area contributed by atoms with Gasteiger partial charge in [-0.1, -0.05) is 32.9 Å². The van der Waals surface area contributed by atoms with Crippen molar-refractivity contribution < 1.29 is 4.84 Å². The van der Waals surface area contributed by atoms with E-state index < -0.39 is 0 Å². The second kappa shape index (κ2) is 5.04. The summed E-state index contributed by atoms with van der Waals surface area (Å²) < 4.78 is 0. The van der Waals surface area contributed by atoms with Crippen LogP contribution in [0.2, 0.25) is 0 Å². The smallest absolute Gasteiger partial charge is 0.0572 e. The number of hydroxylamine groups is 1. The summed E-state index contributed by atoms with van der Waals surface area (Å²) in [5, 5.41) is 2.46. The summed E-state index contributed by atoms with van der Waals surface area (Å²) in [5.74, 6) is 0. The van der Waals surface area contributed by atoms with Gasteiger partial charge in [-0.15, -0.1) is 0 Å². The van der Waals surface area contributed by atoms with Crippen LogP contribution < -0.4 is 5.48 Å². The highest BCUT2D eigenvalue weighted by Crippen LogP contribution is 2.29. The zero-order valence-corrected chi connectivity index (χ0v) is 11.4. The molecule has 2 rings (SSSR count). The van der Waals surface area contributed by atoms with Gasteiger partial charge < -0.3 is 4.84 Å². The van der Waals surface area contributed by atoms with Gasteiger partial charge in [0.2, 0.25) is 0 Å². The number of nitrogens with one attached hydrogen (secondary N) is 1.